The van der Waals surface area contributed by atoms with Crippen LogP contribution in [0.3, 0.4) is 0 Å². The van der Waals surface area contributed by atoms with E-state index < -0.39 is 22.6 Å². The van der Waals surface area contributed by atoms with Gasteiger partial charge in [0.1, 0.15) is 0 Å². The monoisotopic (exact) mass is 259 g/mol. The third-order valence-electron chi connectivity index (χ3n) is 2.16. The Labute approximate surface area is 99.7 Å². The largest absolute Gasteiger partial charge is 0.398 e. The van der Waals surface area contributed by atoms with Crippen molar-refractivity contribution in [2.45, 2.75) is 12.6 Å². The maximum absolute atomic E-state index is 11.1. The molecule has 1 rings (SSSR count). The summed E-state index contributed by atoms with van der Waals surface area (Å²) in [5.41, 5.74) is 15.2. The van der Waals surface area contributed by atoms with Crippen LogP contribution in [-0.4, -0.2) is 14.3 Å². The highest BCUT2D eigenvalue weighted by Crippen LogP contribution is 2.23. The van der Waals surface area contributed by atoms with Crippen molar-refractivity contribution < 1.29 is 17.4 Å². The zero-order valence-electron chi connectivity index (χ0n) is 9.04. The lowest BCUT2D eigenvalue weighted by atomic mass is 10.0. The standard InChI is InChI=1S/C9H13N3O4S/c1-9(12,16-17(14)15)5-2-3-7(10)6(4-5)8(11)13/h2-4,17H,10,12H2,1H3,(H2,11,13). The number of amides is 1. The van der Waals surface area contributed by atoms with Gasteiger partial charge in [0.25, 0.3) is 16.9 Å². The van der Waals surface area contributed by atoms with Crippen LogP contribution in [0.15, 0.2) is 18.2 Å². The molecule has 0 saturated carbocycles. The number of carbonyl (C=O) groups excluding carboxylic acids is 1. The smallest absolute Gasteiger partial charge is 0.259 e. The first-order valence-electron chi connectivity index (χ1n) is 4.56. The Hall–Kier alpha value is -1.64. The van der Waals surface area contributed by atoms with Gasteiger partial charge < -0.3 is 11.5 Å². The van der Waals surface area contributed by atoms with Gasteiger partial charge in [-0.3, -0.25) is 10.5 Å². The molecule has 0 spiro atoms. The highest BCUT2D eigenvalue weighted by molar-refractivity contribution is 7.67. The molecule has 94 valence electrons. The maximum Gasteiger partial charge on any atom is 0.259 e. The molecule has 0 aliphatic carbocycles. The normalized spacial score (nSPS) is 14.5. The van der Waals surface area contributed by atoms with Gasteiger partial charge in [-0.15, -0.1) is 0 Å². The highest BCUT2D eigenvalue weighted by atomic mass is 32.2. The second kappa shape index (κ2) is 4.70. The molecule has 0 aliphatic heterocycles. The zero-order valence-corrected chi connectivity index (χ0v) is 9.94. The van der Waals surface area contributed by atoms with E-state index in [9.17, 15) is 13.2 Å². The lowest BCUT2D eigenvalue weighted by molar-refractivity contribution is 0.0999. The van der Waals surface area contributed by atoms with Gasteiger partial charge in [0.05, 0.1) is 5.56 Å². The predicted molar refractivity (Wildman–Crippen MR) is 62.3 cm³/mol. The Morgan fingerprint density at radius 1 is 1.41 bits per heavy atom. The molecule has 0 heterocycles. The van der Waals surface area contributed by atoms with E-state index in [0.29, 0.717) is 0 Å². The fraction of sp³-hybridized carbons (Fsp3) is 0.222. The van der Waals surface area contributed by atoms with Gasteiger partial charge in [0.2, 0.25) is 0 Å². The summed E-state index contributed by atoms with van der Waals surface area (Å²) in [7, 11) is -3.12. The number of nitrogens with two attached hydrogens (primary N) is 3. The van der Waals surface area contributed by atoms with E-state index >= 15 is 0 Å². The molecular formula is C9H13N3O4S. The number of thiol groups is 1. The van der Waals surface area contributed by atoms with Crippen molar-refractivity contribution >= 4 is 22.6 Å². The maximum atomic E-state index is 11.1. The summed E-state index contributed by atoms with van der Waals surface area (Å²) in [5.74, 6) is -0.730. The molecule has 1 atom stereocenters. The van der Waals surface area contributed by atoms with Crippen molar-refractivity contribution in [3.05, 3.63) is 29.3 Å². The van der Waals surface area contributed by atoms with Crippen LogP contribution in [0.5, 0.6) is 0 Å². The van der Waals surface area contributed by atoms with Crippen molar-refractivity contribution in [3.63, 3.8) is 0 Å². The van der Waals surface area contributed by atoms with Crippen LogP contribution >= 0.6 is 0 Å². The van der Waals surface area contributed by atoms with Crippen molar-refractivity contribution in [1.29, 1.82) is 0 Å². The van der Waals surface area contributed by atoms with E-state index in [0.717, 1.165) is 0 Å². The molecule has 0 aromatic heterocycles. The Balaban J connectivity index is 3.24. The van der Waals surface area contributed by atoms with Crippen LogP contribution in [0.25, 0.3) is 0 Å². The first-order valence-corrected chi connectivity index (χ1v) is 5.66. The number of primary amides is 1. The van der Waals surface area contributed by atoms with Gasteiger partial charge in [-0.2, -0.15) is 0 Å². The van der Waals surface area contributed by atoms with Crippen molar-refractivity contribution in [1.82, 2.24) is 0 Å². The van der Waals surface area contributed by atoms with Crippen LogP contribution in [0.1, 0.15) is 22.8 Å². The number of anilines is 1. The van der Waals surface area contributed by atoms with Crippen molar-refractivity contribution in [2.75, 3.05) is 5.73 Å². The quantitative estimate of drug-likeness (QED) is 0.312. The van der Waals surface area contributed by atoms with Crippen molar-refractivity contribution in [2.24, 2.45) is 11.5 Å². The lowest BCUT2D eigenvalue weighted by Gasteiger charge is -2.22. The second-order valence-corrected chi connectivity index (χ2v) is 4.22. The summed E-state index contributed by atoms with van der Waals surface area (Å²) >= 11 is 0. The lowest BCUT2D eigenvalue weighted by Crippen LogP contribution is -2.36. The summed E-state index contributed by atoms with van der Waals surface area (Å²) in [4.78, 5) is 11.1. The Kier molecular flexibility index (Phi) is 3.71. The van der Waals surface area contributed by atoms with Crippen LogP contribution in [-0.2, 0) is 20.9 Å². The van der Waals surface area contributed by atoms with Crippen LogP contribution < -0.4 is 17.2 Å². The Morgan fingerprint density at radius 3 is 2.47 bits per heavy atom. The minimum Gasteiger partial charge on any atom is -0.398 e. The molecule has 0 radical (unpaired) electrons. The van der Waals surface area contributed by atoms with E-state index in [1.54, 1.807) is 0 Å². The van der Waals surface area contributed by atoms with Gasteiger partial charge in [0, 0.05) is 11.3 Å². The van der Waals surface area contributed by atoms with E-state index in [2.05, 4.69) is 4.18 Å². The van der Waals surface area contributed by atoms with E-state index in [1.165, 1.54) is 25.1 Å². The SMILES string of the molecule is CC(N)(O[SH](=O)=O)c1ccc(N)c(C(N)=O)c1. The molecule has 0 bridgehead atoms. The minimum atomic E-state index is -3.12. The molecule has 0 fully saturated rings. The van der Waals surface area contributed by atoms with Gasteiger partial charge >= 0.3 is 0 Å². The fourth-order valence-electron chi connectivity index (χ4n) is 1.29. The first-order chi connectivity index (χ1) is 7.74. The van der Waals surface area contributed by atoms with E-state index in [-0.39, 0.29) is 16.8 Å². The Bertz CT molecular complexity index is 517. The molecule has 6 N–H and O–H groups in total. The average molecular weight is 259 g/mol. The minimum absolute atomic E-state index is 0.0592. The molecule has 7 nitrogen and oxygen atoms in total. The zero-order chi connectivity index (χ0) is 13.2. The predicted octanol–water partition coefficient (Wildman–Crippen LogP) is -0.958. The molecule has 1 aromatic rings. The molecule has 8 heteroatoms. The van der Waals surface area contributed by atoms with Gasteiger partial charge in [-0.1, -0.05) is 6.07 Å². The number of hydrogen-bond acceptors (Lipinski definition) is 6. The average Bonchev–Trinajstić information content (AvgIpc) is 2.15. The molecule has 0 saturated heterocycles. The van der Waals surface area contributed by atoms with Crippen molar-refractivity contribution in [3.8, 4) is 0 Å². The third kappa shape index (κ3) is 3.16. The third-order valence-corrected chi connectivity index (χ3v) is 2.68. The molecule has 0 aliphatic rings. The van der Waals surface area contributed by atoms with Crippen LogP contribution in [0.4, 0.5) is 5.69 Å². The number of nitrogen functional groups attached to an aromatic ring is 1. The molecule has 17 heavy (non-hydrogen) atoms. The Morgan fingerprint density at radius 2 is 2.00 bits per heavy atom. The number of carbonyl (C=O) groups is 1. The van der Waals surface area contributed by atoms with Gasteiger partial charge in [0.15, 0.2) is 5.72 Å². The molecule has 1 aromatic carbocycles. The number of hydrogen-bond donors (Lipinski definition) is 4. The topological polar surface area (TPSA) is 138 Å². The van der Waals surface area contributed by atoms with E-state index in [1.807, 2.05) is 0 Å². The summed E-state index contributed by atoms with van der Waals surface area (Å²) in [5, 5.41) is 0. The number of benzene rings is 1. The van der Waals surface area contributed by atoms with E-state index in [4.69, 9.17) is 17.2 Å². The second-order valence-electron chi connectivity index (χ2n) is 3.59. The number of rotatable bonds is 4. The summed E-state index contributed by atoms with van der Waals surface area (Å²) < 4.78 is 25.5. The summed E-state index contributed by atoms with van der Waals surface area (Å²) in [6.07, 6.45) is 0. The van der Waals surface area contributed by atoms with Crippen LogP contribution in [0, 0.1) is 0 Å². The molecular weight excluding hydrogens is 246 g/mol. The molecule has 1 amide bonds. The van der Waals surface area contributed by atoms with Crippen LogP contribution in [0.2, 0.25) is 0 Å². The molecule has 1 unspecified atom stereocenters. The summed E-state index contributed by atoms with van der Waals surface area (Å²) in [6, 6.07) is 4.17. The fourth-order valence-corrected chi connectivity index (χ4v) is 1.70. The van der Waals surface area contributed by atoms with Gasteiger partial charge in [-0.05, 0) is 19.1 Å². The highest BCUT2D eigenvalue weighted by Gasteiger charge is 2.25. The first kappa shape index (κ1) is 13.4. The summed E-state index contributed by atoms with van der Waals surface area (Å²) in [6.45, 7) is 1.34. The van der Waals surface area contributed by atoms with Gasteiger partial charge in [-0.25, -0.2) is 12.6 Å².